The minimum absolute atomic E-state index is 0.319. The molecule has 0 aliphatic rings. The fraction of sp³-hybridized carbons (Fsp3) is 0.240. The van der Waals surface area contributed by atoms with Crippen LogP contribution in [0.4, 0.5) is 0 Å². The first-order chi connectivity index (χ1) is 14.7. The second kappa shape index (κ2) is 8.91. The molecule has 3 aromatic carbocycles. The molecule has 4 aromatic rings. The Bertz CT molecular complexity index is 1160. The van der Waals surface area contributed by atoms with Gasteiger partial charge in [-0.1, -0.05) is 79.4 Å². The fourth-order valence-corrected chi connectivity index (χ4v) is 3.81. The van der Waals surface area contributed by atoms with Gasteiger partial charge in [0.2, 0.25) is 11.0 Å². The first-order valence-electron chi connectivity index (χ1n) is 10.5. The van der Waals surface area contributed by atoms with Gasteiger partial charge in [0.15, 0.2) is 0 Å². The first kappa shape index (κ1) is 19.8. The molecule has 5 heteroatoms. The molecule has 0 saturated heterocycles. The summed E-state index contributed by atoms with van der Waals surface area (Å²) in [5, 5.41) is 15.8. The topological polar surface area (TPSA) is 61.8 Å². The highest BCUT2D eigenvalue weighted by molar-refractivity contribution is 6.00. The van der Waals surface area contributed by atoms with E-state index in [-0.39, 0.29) is 5.91 Å². The van der Waals surface area contributed by atoms with Gasteiger partial charge in [-0.3, -0.25) is 0 Å². The summed E-state index contributed by atoms with van der Waals surface area (Å²) in [6.45, 7) is 2.22. The maximum absolute atomic E-state index is 12.9. The largest absolute Gasteiger partial charge is 0.691 e. The number of para-hydroxylation sites is 2. The summed E-state index contributed by atoms with van der Waals surface area (Å²) in [7, 11) is 0. The van der Waals surface area contributed by atoms with Gasteiger partial charge in [-0.2, -0.15) is 0 Å². The molecule has 5 nitrogen and oxygen atoms in total. The minimum atomic E-state index is -0.319. The van der Waals surface area contributed by atoms with E-state index >= 15 is 0 Å². The maximum Gasteiger partial charge on any atom is 0.366 e. The van der Waals surface area contributed by atoms with Crippen LogP contribution in [0.5, 0.6) is 0 Å². The highest BCUT2D eigenvalue weighted by Crippen LogP contribution is 2.26. The number of hydrogen-bond acceptors (Lipinski definition) is 3. The van der Waals surface area contributed by atoms with E-state index in [0.717, 1.165) is 12.0 Å². The molecule has 0 atom stereocenters. The molecule has 0 unspecified atom stereocenters. The van der Waals surface area contributed by atoms with Gasteiger partial charge in [0.25, 0.3) is 0 Å². The van der Waals surface area contributed by atoms with Crippen LogP contribution in [-0.4, -0.2) is 15.8 Å². The predicted octanol–water partition coefficient (Wildman–Crippen LogP) is 5.15. The molecule has 1 heterocycles. The Kier molecular flexibility index (Phi) is 5.89. The van der Waals surface area contributed by atoms with Gasteiger partial charge in [-0.25, -0.2) is 4.79 Å². The van der Waals surface area contributed by atoms with Crippen molar-refractivity contribution in [2.24, 2.45) is 0 Å². The SMILES string of the molecule is CCCCCCc1ccccc1-c1ccc(C(=O)n2n[n+]([O-])c3ccccc32)cc1. The van der Waals surface area contributed by atoms with Crippen LogP contribution < -0.4 is 4.85 Å². The van der Waals surface area contributed by atoms with Crippen LogP contribution >= 0.6 is 0 Å². The molecule has 0 radical (unpaired) electrons. The third-order valence-electron chi connectivity index (χ3n) is 5.44. The van der Waals surface area contributed by atoms with E-state index in [0.29, 0.717) is 21.4 Å². The Morgan fingerprint density at radius 1 is 0.933 bits per heavy atom. The number of hydrogen-bond donors (Lipinski definition) is 0. The Labute approximate surface area is 176 Å². The minimum Gasteiger partial charge on any atom is -0.691 e. The lowest BCUT2D eigenvalue weighted by molar-refractivity contribution is -0.645. The van der Waals surface area contributed by atoms with Crippen LogP contribution in [0.25, 0.3) is 22.2 Å². The summed E-state index contributed by atoms with van der Waals surface area (Å²) in [6.07, 6.45) is 5.98. The predicted molar refractivity (Wildman–Crippen MR) is 118 cm³/mol. The second-order valence-electron chi connectivity index (χ2n) is 7.51. The molecule has 1 aromatic heterocycles. The van der Waals surface area contributed by atoms with Crippen molar-refractivity contribution >= 4 is 16.9 Å². The van der Waals surface area contributed by atoms with Gasteiger partial charge in [-0.15, -0.1) is 4.85 Å². The number of unbranched alkanes of at least 4 members (excludes halogenated alkanes) is 3. The fourth-order valence-electron chi connectivity index (χ4n) is 3.81. The lowest BCUT2D eigenvalue weighted by atomic mass is 9.95. The molecule has 30 heavy (non-hydrogen) atoms. The standard InChI is InChI=1S/C25H25N3O2/c1-2-3-4-5-10-19-11-6-7-12-22(19)20-15-17-21(18-16-20)25(29)27-23-13-8-9-14-24(23)28(30)26-27/h6-9,11-18H,2-5,10H2,1H3. The van der Waals surface area contributed by atoms with Crippen molar-refractivity contribution in [1.29, 1.82) is 0 Å². The van der Waals surface area contributed by atoms with E-state index in [1.54, 1.807) is 36.4 Å². The molecule has 152 valence electrons. The quantitative estimate of drug-likeness (QED) is 0.245. The van der Waals surface area contributed by atoms with Gasteiger partial charge in [-0.05, 0) is 53.8 Å². The summed E-state index contributed by atoms with van der Waals surface area (Å²) < 4.78 is 1.17. The Balaban J connectivity index is 1.58. The average Bonchev–Trinajstić information content (AvgIpc) is 3.13. The highest BCUT2D eigenvalue weighted by Gasteiger charge is 2.22. The molecule has 0 aliphatic carbocycles. The molecule has 0 amide bonds. The molecule has 0 fully saturated rings. The van der Waals surface area contributed by atoms with Gasteiger partial charge < -0.3 is 5.21 Å². The number of carbonyl (C=O) groups is 1. The number of nitrogens with zero attached hydrogens (tertiary/aromatic N) is 3. The maximum atomic E-state index is 12.9. The zero-order valence-corrected chi connectivity index (χ0v) is 17.1. The summed E-state index contributed by atoms with van der Waals surface area (Å²) in [5.74, 6) is -0.319. The lowest BCUT2D eigenvalue weighted by Crippen LogP contribution is -2.31. The van der Waals surface area contributed by atoms with Crippen LogP contribution in [0.3, 0.4) is 0 Å². The van der Waals surface area contributed by atoms with Crippen LogP contribution in [0.2, 0.25) is 0 Å². The number of aromatic nitrogens is 3. The van der Waals surface area contributed by atoms with Crippen molar-refractivity contribution < 1.29 is 9.64 Å². The number of fused-ring (bicyclic) bond motifs is 1. The van der Waals surface area contributed by atoms with Crippen molar-refractivity contribution in [3.8, 4) is 11.1 Å². The summed E-state index contributed by atoms with van der Waals surface area (Å²) in [4.78, 5) is 13.4. The molecular weight excluding hydrogens is 374 g/mol. The van der Waals surface area contributed by atoms with Gasteiger partial charge in [0, 0.05) is 0 Å². The Morgan fingerprint density at radius 2 is 1.67 bits per heavy atom. The van der Waals surface area contributed by atoms with Gasteiger partial charge in [0.1, 0.15) is 5.21 Å². The Hall–Kier alpha value is -3.47. The van der Waals surface area contributed by atoms with Crippen molar-refractivity contribution in [1.82, 2.24) is 9.90 Å². The number of rotatable bonds is 7. The monoisotopic (exact) mass is 399 g/mol. The lowest BCUT2D eigenvalue weighted by Gasteiger charge is -2.10. The van der Waals surface area contributed by atoms with E-state index < -0.39 is 0 Å². The van der Waals surface area contributed by atoms with Crippen LogP contribution in [0.15, 0.2) is 72.8 Å². The van der Waals surface area contributed by atoms with Crippen LogP contribution in [0.1, 0.15) is 48.5 Å². The molecule has 4 rings (SSSR count). The second-order valence-corrected chi connectivity index (χ2v) is 7.51. The van der Waals surface area contributed by atoms with E-state index in [9.17, 15) is 10.0 Å². The summed E-state index contributed by atoms with van der Waals surface area (Å²) in [6, 6.07) is 22.9. The van der Waals surface area contributed by atoms with Crippen molar-refractivity contribution in [2.75, 3.05) is 0 Å². The van der Waals surface area contributed by atoms with Crippen molar-refractivity contribution in [3.63, 3.8) is 0 Å². The highest BCUT2D eigenvalue weighted by atomic mass is 16.5. The zero-order chi connectivity index (χ0) is 20.9. The van der Waals surface area contributed by atoms with Crippen molar-refractivity contribution in [2.45, 2.75) is 39.0 Å². The van der Waals surface area contributed by atoms with Gasteiger partial charge >= 0.3 is 5.91 Å². The zero-order valence-electron chi connectivity index (χ0n) is 17.1. The normalized spacial score (nSPS) is 11.1. The third kappa shape index (κ3) is 3.96. The molecule has 0 bridgehead atoms. The number of aryl methyl sites for hydroxylation is 1. The van der Waals surface area contributed by atoms with E-state index in [1.807, 2.05) is 18.2 Å². The summed E-state index contributed by atoms with van der Waals surface area (Å²) >= 11 is 0. The molecule has 0 N–H and O–H groups in total. The first-order valence-corrected chi connectivity index (χ1v) is 10.5. The van der Waals surface area contributed by atoms with Crippen LogP contribution in [-0.2, 0) is 6.42 Å². The van der Waals surface area contributed by atoms with E-state index in [2.05, 4.69) is 30.3 Å². The molecular formula is C25H25N3O2. The average molecular weight is 399 g/mol. The number of carbonyl (C=O) groups excluding carboxylic acids is 1. The van der Waals surface area contributed by atoms with Gasteiger partial charge in [0.05, 0.1) is 5.56 Å². The smallest absolute Gasteiger partial charge is 0.366 e. The Morgan fingerprint density at radius 3 is 2.47 bits per heavy atom. The number of benzene rings is 3. The molecule has 0 saturated carbocycles. The third-order valence-corrected chi connectivity index (χ3v) is 5.44. The van der Waals surface area contributed by atoms with E-state index in [1.165, 1.54) is 41.5 Å². The van der Waals surface area contributed by atoms with Crippen molar-refractivity contribution in [3.05, 3.63) is 89.1 Å². The van der Waals surface area contributed by atoms with E-state index in [4.69, 9.17) is 0 Å². The molecule has 0 aliphatic heterocycles. The summed E-state index contributed by atoms with van der Waals surface area (Å²) in [5.41, 5.74) is 4.99. The molecule has 0 spiro atoms. The van der Waals surface area contributed by atoms with Crippen LogP contribution in [0, 0.1) is 5.21 Å².